The largest absolute Gasteiger partial charge is 0.497 e. The molecule has 0 bridgehead atoms. The maximum absolute atomic E-state index is 11.4. The monoisotopic (exact) mass is 584 g/mol. The standard InChI is InChI=1S/C35H33ClO6/c1-22(2)29-20-30(23-9-13-25(36)14-10-23)34(24-11-15-26(39-3)16-12-24)42-35(29)31-19-28(41-27-7-5-4-6-8-27)17-18-32(31)40-21-33(37)38/h4-19,29-30,34-35H,1,20-21H2,2-3H3,(H,37,38)/t29-,30-,34+,35+/m1/s1. The lowest BCUT2D eigenvalue weighted by atomic mass is 9.74. The van der Waals surface area contributed by atoms with Crippen LogP contribution in [0.15, 0.2) is 109 Å². The first kappa shape index (κ1) is 29.2. The summed E-state index contributed by atoms with van der Waals surface area (Å²) in [6.07, 6.45) is -0.0783. The van der Waals surface area contributed by atoms with Gasteiger partial charge in [0, 0.05) is 22.4 Å². The number of ether oxygens (including phenoxy) is 4. The van der Waals surface area contributed by atoms with E-state index in [-0.39, 0.29) is 17.9 Å². The molecule has 4 atom stereocenters. The highest BCUT2D eigenvalue weighted by molar-refractivity contribution is 6.30. The van der Waals surface area contributed by atoms with Gasteiger partial charge in [-0.3, -0.25) is 0 Å². The Labute approximate surface area is 251 Å². The van der Waals surface area contributed by atoms with Gasteiger partial charge in [-0.2, -0.15) is 0 Å². The molecule has 7 heteroatoms. The van der Waals surface area contributed by atoms with E-state index < -0.39 is 18.7 Å². The molecule has 1 saturated heterocycles. The first-order valence-electron chi connectivity index (χ1n) is 13.7. The van der Waals surface area contributed by atoms with E-state index in [0.717, 1.165) is 28.9 Å². The highest BCUT2D eigenvalue weighted by Crippen LogP contribution is 2.53. The predicted octanol–water partition coefficient (Wildman–Crippen LogP) is 8.78. The molecule has 0 saturated carbocycles. The Hall–Kier alpha value is -4.26. The SMILES string of the molecule is C=C(C)[C@H]1C[C@H](c2ccc(Cl)cc2)[C@H](c2ccc(OC)cc2)O[C@@H]1c1cc(Oc2ccccc2)ccc1OCC(=O)O. The number of carboxylic acid groups (broad SMARTS) is 1. The number of aliphatic carboxylic acids is 1. The van der Waals surface area contributed by atoms with Crippen molar-refractivity contribution >= 4 is 17.6 Å². The number of carboxylic acids is 1. The van der Waals surface area contributed by atoms with Gasteiger partial charge >= 0.3 is 5.97 Å². The number of hydrogen-bond donors (Lipinski definition) is 1. The number of hydrogen-bond acceptors (Lipinski definition) is 5. The topological polar surface area (TPSA) is 74.2 Å². The Kier molecular flexibility index (Phi) is 9.15. The van der Waals surface area contributed by atoms with Crippen molar-refractivity contribution in [2.24, 2.45) is 5.92 Å². The van der Waals surface area contributed by atoms with Crippen LogP contribution in [0.1, 0.15) is 48.2 Å². The second-order valence-electron chi connectivity index (χ2n) is 10.4. The third-order valence-electron chi connectivity index (χ3n) is 7.53. The van der Waals surface area contributed by atoms with Gasteiger partial charge in [0.2, 0.25) is 0 Å². The minimum absolute atomic E-state index is 0.000695. The van der Waals surface area contributed by atoms with Gasteiger partial charge in [0.05, 0.1) is 19.3 Å². The van der Waals surface area contributed by atoms with Gasteiger partial charge in [-0.1, -0.05) is 66.2 Å². The van der Waals surface area contributed by atoms with Gasteiger partial charge in [0.15, 0.2) is 6.61 Å². The number of para-hydroxylation sites is 1. The molecule has 0 aliphatic carbocycles. The van der Waals surface area contributed by atoms with Crippen molar-refractivity contribution in [1.29, 1.82) is 0 Å². The third-order valence-corrected chi connectivity index (χ3v) is 7.78. The van der Waals surface area contributed by atoms with E-state index in [2.05, 4.69) is 6.58 Å². The van der Waals surface area contributed by atoms with Crippen LogP contribution in [0.4, 0.5) is 0 Å². The van der Waals surface area contributed by atoms with Gasteiger partial charge in [-0.25, -0.2) is 4.79 Å². The molecule has 6 nitrogen and oxygen atoms in total. The summed E-state index contributed by atoms with van der Waals surface area (Å²) in [6.45, 7) is 5.84. The second kappa shape index (κ2) is 13.1. The number of carbonyl (C=O) groups is 1. The fourth-order valence-corrected chi connectivity index (χ4v) is 5.58. The van der Waals surface area contributed by atoms with Gasteiger partial charge in [-0.15, -0.1) is 0 Å². The van der Waals surface area contributed by atoms with Gasteiger partial charge in [-0.05, 0) is 79.1 Å². The molecular formula is C35H33ClO6. The molecule has 0 unspecified atom stereocenters. The average molecular weight is 585 g/mol. The Balaban J connectivity index is 1.59. The molecule has 4 aromatic rings. The third kappa shape index (κ3) is 6.78. The fourth-order valence-electron chi connectivity index (χ4n) is 5.45. The minimum Gasteiger partial charge on any atom is -0.497 e. The smallest absolute Gasteiger partial charge is 0.341 e. The number of methoxy groups -OCH3 is 1. The zero-order chi connectivity index (χ0) is 29.6. The zero-order valence-corrected chi connectivity index (χ0v) is 24.3. The highest BCUT2D eigenvalue weighted by atomic mass is 35.5. The van der Waals surface area contributed by atoms with Crippen molar-refractivity contribution in [3.63, 3.8) is 0 Å². The van der Waals surface area contributed by atoms with E-state index >= 15 is 0 Å². The molecule has 4 aromatic carbocycles. The van der Waals surface area contributed by atoms with Crippen LogP contribution < -0.4 is 14.2 Å². The lowest BCUT2D eigenvalue weighted by Gasteiger charge is -2.43. The van der Waals surface area contributed by atoms with Crippen molar-refractivity contribution in [2.75, 3.05) is 13.7 Å². The molecule has 0 amide bonds. The minimum atomic E-state index is -1.06. The summed E-state index contributed by atoms with van der Waals surface area (Å²) >= 11 is 6.24. The van der Waals surface area contributed by atoms with Crippen LogP contribution in [-0.4, -0.2) is 24.8 Å². The summed E-state index contributed by atoms with van der Waals surface area (Å²) in [4.78, 5) is 11.4. The van der Waals surface area contributed by atoms with Gasteiger partial charge in [0.1, 0.15) is 23.0 Å². The number of rotatable bonds is 10. The molecule has 1 fully saturated rings. The Morgan fingerprint density at radius 2 is 1.57 bits per heavy atom. The average Bonchev–Trinajstić information content (AvgIpc) is 3.00. The number of halogens is 1. The molecule has 1 aliphatic heterocycles. The summed E-state index contributed by atoms with van der Waals surface area (Å²) in [5, 5.41) is 10.0. The van der Waals surface area contributed by atoms with Crippen LogP contribution in [0.3, 0.4) is 0 Å². The van der Waals surface area contributed by atoms with Crippen molar-refractivity contribution < 1.29 is 28.8 Å². The van der Waals surface area contributed by atoms with Crippen molar-refractivity contribution in [3.05, 3.63) is 131 Å². The van der Waals surface area contributed by atoms with E-state index in [9.17, 15) is 9.90 Å². The Morgan fingerprint density at radius 3 is 2.21 bits per heavy atom. The van der Waals surface area contributed by atoms with Crippen LogP contribution in [0, 0.1) is 5.92 Å². The Morgan fingerprint density at radius 1 is 0.905 bits per heavy atom. The molecule has 1 N–H and O–H groups in total. The zero-order valence-electron chi connectivity index (χ0n) is 23.5. The van der Waals surface area contributed by atoms with E-state index in [1.807, 2.05) is 91.9 Å². The maximum Gasteiger partial charge on any atom is 0.341 e. The first-order valence-corrected chi connectivity index (χ1v) is 14.1. The van der Waals surface area contributed by atoms with Gasteiger partial charge < -0.3 is 24.1 Å². The first-order chi connectivity index (χ1) is 20.3. The molecule has 0 spiro atoms. The summed E-state index contributed by atoms with van der Waals surface area (Å²) in [7, 11) is 1.64. The van der Waals surface area contributed by atoms with E-state index in [4.69, 9.17) is 30.5 Å². The van der Waals surface area contributed by atoms with Crippen LogP contribution in [0.2, 0.25) is 5.02 Å². The highest BCUT2D eigenvalue weighted by Gasteiger charge is 2.41. The van der Waals surface area contributed by atoms with E-state index in [1.54, 1.807) is 19.2 Å². The molecule has 42 heavy (non-hydrogen) atoms. The van der Waals surface area contributed by atoms with Crippen molar-refractivity contribution in [1.82, 2.24) is 0 Å². The Bertz CT molecular complexity index is 1520. The van der Waals surface area contributed by atoms with E-state index in [0.29, 0.717) is 27.8 Å². The normalized spacial score (nSPS) is 20.0. The lowest BCUT2D eigenvalue weighted by Crippen LogP contribution is -2.32. The fraction of sp³-hybridized carbons (Fsp3) is 0.229. The van der Waals surface area contributed by atoms with E-state index in [1.165, 1.54) is 0 Å². The summed E-state index contributed by atoms with van der Waals surface area (Å²) < 4.78 is 24.4. The lowest BCUT2D eigenvalue weighted by molar-refractivity contribution is -0.139. The quantitative estimate of drug-likeness (QED) is 0.188. The molecule has 216 valence electrons. The molecular weight excluding hydrogens is 552 g/mol. The molecule has 0 aromatic heterocycles. The van der Waals surface area contributed by atoms with Crippen LogP contribution in [0.5, 0.6) is 23.0 Å². The van der Waals surface area contributed by atoms with Crippen molar-refractivity contribution in [2.45, 2.75) is 31.5 Å². The maximum atomic E-state index is 11.4. The second-order valence-corrected chi connectivity index (χ2v) is 10.8. The molecule has 1 aliphatic rings. The predicted molar refractivity (Wildman–Crippen MR) is 163 cm³/mol. The van der Waals surface area contributed by atoms with Crippen molar-refractivity contribution in [3.8, 4) is 23.0 Å². The summed E-state index contributed by atoms with van der Waals surface area (Å²) in [5.74, 6) is 1.29. The molecule has 0 radical (unpaired) electrons. The molecule has 1 heterocycles. The molecule has 5 rings (SSSR count). The summed E-state index contributed by atoms with van der Waals surface area (Å²) in [6, 6.07) is 30.6. The van der Waals surface area contributed by atoms with Crippen LogP contribution in [-0.2, 0) is 9.53 Å². The van der Waals surface area contributed by atoms with Crippen LogP contribution in [0.25, 0.3) is 0 Å². The van der Waals surface area contributed by atoms with Gasteiger partial charge in [0.25, 0.3) is 0 Å². The summed E-state index contributed by atoms with van der Waals surface area (Å²) in [5.41, 5.74) is 3.75. The number of benzene rings is 4. The van der Waals surface area contributed by atoms with Crippen LogP contribution >= 0.6 is 11.6 Å².